The Morgan fingerprint density at radius 2 is 2.15 bits per heavy atom. The standard InChI is InChI=1S/C15H16O5/c1-2-5-10(9-14(16)17)12-8-11-6-3-4-7-13(11)20-15(12,18)19/h2-7,12,18-19H,1,8-9H2,(H,16,17). The van der Waals surface area contributed by atoms with E-state index in [9.17, 15) is 15.0 Å². The molecule has 0 aromatic heterocycles. The molecule has 1 aliphatic heterocycles. The molecule has 1 aliphatic rings. The first-order chi connectivity index (χ1) is 9.44. The van der Waals surface area contributed by atoms with E-state index in [4.69, 9.17) is 9.84 Å². The van der Waals surface area contributed by atoms with Crippen molar-refractivity contribution >= 4 is 5.97 Å². The smallest absolute Gasteiger partial charge is 0.329 e. The first kappa shape index (κ1) is 14.3. The Morgan fingerprint density at radius 3 is 2.80 bits per heavy atom. The van der Waals surface area contributed by atoms with Crippen LogP contribution in [0.25, 0.3) is 0 Å². The van der Waals surface area contributed by atoms with Crippen molar-refractivity contribution in [2.24, 2.45) is 5.92 Å². The number of hydrogen-bond acceptors (Lipinski definition) is 4. The van der Waals surface area contributed by atoms with Crippen molar-refractivity contribution in [2.45, 2.75) is 18.8 Å². The van der Waals surface area contributed by atoms with Gasteiger partial charge in [-0.2, -0.15) is 0 Å². The van der Waals surface area contributed by atoms with Crippen LogP contribution < -0.4 is 4.74 Å². The molecule has 0 saturated heterocycles. The van der Waals surface area contributed by atoms with Gasteiger partial charge in [-0.1, -0.05) is 36.9 Å². The number of carbonyl (C=O) groups is 1. The lowest BCUT2D eigenvalue weighted by Crippen LogP contribution is -2.48. The topological polar surface area (TPSA) is 87.0 Å². The largest absolute Gasteiger partial charge is 0.481 e. The maximum absolute atomic E-state index is 10.9. The summed E-state index contributed by atoms with van der Waals surface area (Å²) in [6.45, 7) is 3.52. The summed E-state index contributed by atoms with van der Waals surface area (Å²) >= 11 is 0. The van der Waals surface area contributed by atoms with E-state index in [-0.39, 0.29) is 12.8 Å². The molecular weight excluding hydrogens is 260 g/mol. The quantitative estimate of drug-likeness (QED) is 0.572. The predicted molar refractivity (Wildman–Crippen MR) is 72.0 cm³/mol. The summed E-state index contributed by atoms with van der Waals surface area (Å²) in [6.07, 6.45) is 2.90. The predicted octanol–water partition coefficient (Wildman–Crippen LogP) is 1.46. The average Bonchev–Trinajstić information content (AvgIpc) is 2.36. The SMILES string of the molecule is C=CC=C(CC(=O)O)C1Cc2ccccc2OC1(O)O. The number of allylic oxidation sites excluding steroid dienone is 2. The van der Waals surface area contributed by atoms with Crippen LogP contribution in [0, 0.1) is 5.92 Å². The molecule has 0 bridgehead atoms. The van der Waals surface area contributed by atoms with E-state index in [0.717, 1.165) is 5.56 Å². The molecule has 20 heavy (non-hydrogen) atoms. The highest BCUT2D eigenvalue weighted by Gasteiger charge is 2.44. The van der Waals surface area contributed by atoms with E-state index < -0.39 is 17.9 Å². The fourth-order valence-corrected chi connectivity index (χ4v) is 2.35. The zero-order valence-electron chi connectivity index (χ0n) is 10.8. The normalized spacial score (nSPS) is 20.7. The number of aliphatic carboxylic acids is 1. The van der Waals surface area contributed by atoms with Gasteiger partial charge in [0.2, 0.25) is 0 Å². The summed E-state index contributed by atoms with van der Waals surface area (Å²) in [6, 6.07) is 6.99. The van der Waals surface area contributed by atoms with Crippen LogP contribution in [-0.4, -0.2) is 27.3 Å². The number of ether oxygens (including phenoxy) is 1. The molecule has 5 heteroatoms. The van der Waals surface area contributed by atoms with Gasteiger partial charge in [-0.3, -0.25) is 4.79 Å². The van der Waals surface area contributed by atoms with Gasteiger partial charge in [-0.25, -0.2) is 0 Å². The zero-order valence-corrected chi connectivity index (χ0v) is 10.8. The molecular formula is C15H16O5. The second kappa shape index (κ2) is 5.48. The Balaban J connectivity index is 2.37. The minimum Gasteiger partial charge on any atom is -0.481 e. The van der Waals surface area contributed by atoms with Crippen LogP contribution in [0.4, 0.5) is 0 Å². The van der Waals surface area contributed by atoms with Crippen molar-refractivity contribution in [3.05, 3.63) is 54.1 Å². The van der Waals surface area contributed by atoms with E-state index in [1.54, 1.807) is 12.1 Å². The summed E-state index contributed by atoms with van der Waals surface area (Å²) in [5.74, 6) is -3.94. The maximum atomic E-state index is 10.9. The summed E-state index contributed by atoms with van der Waals surface area (Å²) in [7, 11) is 0. The Bertz CT molecular complexity index is 559. The number of carboxylic acids is 1. The van der Waals surface area contributed by atoms with Crippen LogP contribution in [0.15, 0.2) is 48.6 Å². The molecule has 5 nitrogen and oxygen atoms in total. The van der Waals surface area contributed by atoms with Crippen LogP contribution >= 0.6 is 0 Å². The molecule has 0 fully saturated rings. The first-order valence-corrected chi connectivity index (χ1v) is 6.19. The Hall–Kier alpha value is -2.11. The Labute approximate surface area is 116 Å². The second-order valence-electron chi connectivity index (χ2n) is 4.67. The lowest BCUT2D eigenvalue weighted by molar-refractivity contribution is -0.322. The van der Waals surface area contributed by atoms with E-state index in [1.165, 1.54) is 12.2 Å². The van der Waals surface area contributed by atoms with Crippen LogP contribution in [0.5, 0.6) is 5.75 Å². The molecule has 1 aromatic rings. The Morgan fingerprint density at radius 1 is 1.45 bits per heavy atom. The van der Waals surface area contributed by atoms with Crippen LogP contribution in [0.3, 0.4) is 0 Å². The fourth-order valence-electron chi connectivity index (χ4n) is 2.35. The molecule has 0 amide bonds. The third kappa shape index (κ3) is 2.89. The third-order valence-electron chi connectivity index (χ3n) is 3.25. The second-order valence-corrected chi connectivity index (χ2v) is 4.67. The molecule has 0 saturated carbocycles. The van der Waals surface area contributed by atoms with Gasteiger partial charge in [0.15, 0.2) is 0 Å². The zero-order chi connectivity index (χ0) is 14.8. The third-order valence-corrected chi connectivity index (χ3v) is 3.25. The molecule has 0 spiro atoms. The van der Waals surface area contributed by atoms with E-state index in [0.29, 0.717) is 11.3 Å². The fraction of sp³-hybridized carbons (Fsp3) is 0.267. The van der Waals surface area contributed by atoms with Crippen molar-refractivity contribution < 1.29 is 24.9 Å². The number of rotatable bonds is 4. The van der Waals surface area contributed by atoms with Gasteiger partial charge in [-0.05, 0) is 23.6 Å². The highest BCUT2D eigenvalue weighted by Crippen LogP contribution is 2.38. The van der Waals surface area contributed by atoms with Gasteiger partial charge in [0.05, 0.1) is 12.3 Å². The van der Waals surface area contributed by atoms with Crippen LogP contribution in [-0.2, 0) is 11.2 Å². The van der Waals surface area contributed by atoms with Crippen molar-refractivity contribution in [1.82, 2.24) is 0 Å². The minimum absolute atomic E-state index is 0.288. The molecule has 0 aliphatic carbocycles. The Kier molecular flexibility index (Phi) is 3.92. The van der Waals surface area contributed by atoms with Crippen molar-refractivity contribution in [3.63, 3.8) is 0 Å². The van der Waals surface area contributed by atoms with Gasteiger partial charge in [0.1, 0.15) is 5.75 Å². The highest BCUT2D eigenvalue weighted by molar-refractivity contribution is 5.70. The van der Waals surface area contributed by atoms with Gasteiger partial charge in [0.25, 0.3) is 0 Å². The van der Waals surface area contributed by atoms with Gasteiger partial charge in [0, 0.05) is 0 Å². The summed E-state index contributed by atoms with van der Waals surface area (Å²) in [5, 5.41) is 29.0. The molecule has 0 radical (unpaired) electrons. The minimum atomic E-state index is -2.43. The molecule has 1 heterocycles. The summed E-state index contributed by atoms with van der Waals surface area (Å²) in [4.78, 5) is 10.9. The number of aliphatic hydroxyl groups is 2. The van der Waals surface area contributed by atoms with Crippen molar-refractivity contribution in [3.8, 4) is 5.75 Å². The molecule has 3 N–H and O–H groups in total. The van der Waals surface area contributed by atoms with Crippen molar-refractivity contribution in [2.75, 3.05) is 0 Å². The van der Waals surface area contributed by atoms with Crippen molar-refractivity contribution in [1.29, 1.82) is 0 Å². The van der Waals surface area contributed by atoms with E-state index in [2.05, 4.69) is 6.58 Å². The summed E-state index contributed by atoms with van der Waals surface area (Å²) in [5.41, 5.74) is 1.16. The van der Waals surface area contributed by atoms with Gasteiger partial charge >= 0.3 is 11.9 Å². The summed E-state index contributed by atoms with van der Waals surface area (Å²) < 4.78 is 5.18. The van der Waals surface area contributed by atoms with E-state index >= 15 is 0 Å². The van der Waals surface area contributed by atoms with Gasteiger partial charge < -0.3 is 20.1 Å². The highest BCUT2D eigenvalue weighted by atomic mass is 16.8. The molecule has 1 atom stereocenters. The lowest BCUT2D eigenvalue weighted by Gasteiger charge is -2.37. The van der Waals surface area contributed by atoms with E-state index in [1.807, 2.05) is 12.1 Å². The number of fused-ring (bicyclic) bond motifs is 1. The first-order valence-electron chi connectivity index (χ1n) is 6.19. The van der Waals surface area contributed by atoms with Crippen LogP contribution in [0.2, 0.25) is 0 Å². The number of hydrogen-bond donors (Lipinski definition) is 3. The monoisotopic (exact) mass is 276 g/mol. The molecule has 1 unspecified atom stereocenters. The van der Waals surface area contributed by atoms with Gasteiger partial charge in [-0.15, -0.1) is 0 Å². The lowest BCUT2D eigenvalue weighted by atomic mass is 9.85. The molecule has 106 valence electrons. The molecule has 1 aromatic carbocycles. The van der Waals surface area contributed by atoms with Crippen LogP contribution in [0.1, 0.15) is 12.0 Å². The number of benzene rings is 1. The molecule has 2 rings (SSSR count). The number of para-hydroxylation sites is 1. The average molecular weight is 276 g/mol. The number of carboxylic acid groups (broad SMARTS) is 1. The maximum Gasteiger partial charge on any atom is 0.329 e.